The second kappa shape index (κ2) is 4.09. The predicted octanol–water partition coefficient (Wildman–Crippen LogP) is 3.06. The molecule has 0 saturated carbocycles. The lowest BCUT2D eigenvalue weighted by atomic mass is 9.90. The minimum absolute atomic E-state index is 0.558. The van der Waals surface area contributed by atoms with E-state index < -0.39 is 0 Å². The van der Waals surface area contributed by atoms with Crippen molar-refractivity contribution in [3.8, 4) is 0 Å². The maximum Gasteiger partial charge on any atom is 0.0296 e. The van der Waals surface area contributed by atoms with Gasteiger partial charge in [-0.05, 0) is 31.2 Å². The van der Waals surface area contributed by atoms with Crippen LogP contribution >= 0.6 is 0 Å². The predicted molar refractivity (Wildman–Crippen MR) is 55.8 cm³/mol. The fraction of sp³-hybridized carbons (Fsp3) is 0.500. The van der Waals surface area contributed by atoms with Crippen molar-refractivity contribution in [1.82, 2.24) is 5.12 Å². The van der Waals surface area contributed by atoms with E-state index in [1.807, 2.05) is 0 Å². The van der Waals surface area contributed by atoms with Crippen LogP contribution in [0.3, 0.4) is 0 Å². The van der Waals surface area contributed by atoms with Gasteiger partial charge in [-0.25, -0.2) is 0 Å². The highest BCUT2D eigenvalue weighted by molar-refractivity contribution is 5.24. The van der Waals surface area contributed by atoms with Gasteiger partial charge < -0.3 is 0 Å². The third-order valence-corrected chi connectivity index (χ3v) is 2.99. The van der Waals surface area contributed by atoms with Crippen molar-refractivity contribution in [3.63, 3.8) is 0 Å². The maximum absolute atomic E-state index is 12.8. The summed E-state index contributed by atoms with van der Waals surface area (Å²) < 4.78 is 12.8. The van der Waals surface area contributed by atoms with E-state index in [2.05, 4.69) is 31.2 Å². The van der Waals surface area contributed by atoms with Crippen LogP contribution in [0.5, 0.6) is 0 Å². The Kier molecular flexibility index (Phi) is 2.82. The third kappa shape index (κ3) is 2.13. The van der Waals surface area contributed by atoms with Crippen molar-refractivity contribution in [3.05, 3.63) is 35.4 Å². The van der Waals surface area contributed by atoms with Crippen molar-refractivity contribution in [1.29, 1.82) is 0 Å². The molecule has 1 aromatic carbocycles. The number of rotatable bonds is 1. The molecular formula is C12H16FN. The van der Waals surface area contributed by atoms with Crippen molar-refractivity contribution >= 4 is 0 Å². The van der Waals surface area contributed by atoms with Crippen LogP contribution in [-0.4, -0.2) is 18.2 Å². The number of nitrogens with zero attached hydrogens (tertiary/aromatic N) is 1. The first-order valence-electron chi connectivity index (χ1n) is 5.23. The van der Waals surface area contributed by atoms with E-state index in [4.69, 9.17) is 0 Å². The first kappa shape index (κ1) is 9.66. The SMILES string of the molecule is Cc1ccc(C2CCN(F)CC2)cc1. The minimum atomic E-state index is 0.558. The van der Waals surface area contributed by atoms with Crippen LogP contribution in [0.15, 0.2) is 24.3 Å². The summed E-state index contributed by atoms with van der Waals surface area (Å²) >= 11 is 0. The molecule has 0 aromatic heterocycles. The molecule has 1 nitrogen and oxygen atoms in total. The Balaban J connectivity index is 2.05. The number of hydrogen-bond acceptors (Lipinski definition) is 1. The average molecular weight is 193 g/mol. The van der Waals surface area contributed by atoms with Gasteiger partial charge in [-0.3, -0.25) is 0 Å². The molecule has 0 bridgehead atoms. The van der Waals surface area contributed by atoms with Crippen molar-refractivity contribution in [2.24, 2.45) is 0 Å². The highest BCUT2D eigenvalue weighted by atomic mass is 19.2. The highest BCUT2D eigenvalue weighted by Gasteiger charge is 2.19. The Bertz CT molecular complexity index is 286. The monoisotopic (exact) mass is 193 g/mol. The van der Waals surface area contributed by atoms with E-state index in [9.17, 15) is 4.48 Å². The number of piperidine rings is 1. The molecule has 1 aliphatic rings. The fourth-order valence-electron chi connectivity index (χ4n) is 2.02. The summed E-state index contributed by atoms with van der Waals surface area (Å²) in [6, 6.07) is 8.62. The average Bonchev–Trinajstić information content (AvgIpc) is 2.21. The molecule has 0 N–H and O–H groups in total. The third-order valence-electron chi connectivity index (χ3n) is 2.99. The normalized spacial score (nSPS) is 19.9. The van der Waals surface area contributed by atoms with Crippen molar-refractivity contribution in [2.75, 3.05) is 13.1 Å². The standard InChI is InChI=1S/C12H16FN/c1-10-2-4-11(5-3-10)12-6-8-14(13)9-7-12/h2-5,12H,6-9H2,1H3. The molecule has 0 radical (unpaired) electrons. The number of aryl methyl sites for hydroxylation is 1. The molecule has 2 rings (SSSR count). The Morgan fingerprint density at radius 1 is 1.14 bits per heavy atom. The van der Waals surface area contributed by atoms with Crippen LogP contribution in [0.25, 0.3) is 0 Å². The number of halogens is 1. The Morgan fingerprint density at radius 3 is 2.29 bits per heavy atom. The first-order valence-corrected chi connectivity index (χ1v) is 5.23. The lowest BCUT2D eigenvalue weighted by Crippen LogP contribution is -2.26. The van der Waals surface area contributed by atoms with Gasteiger partial charge >= 0.3 is 0 Å². The van der Waals surface area contributed by atoms with Gasteiger partial charge in [0.15, 0.2) is 0 Å². The van der Waals surface area contributed by atoms with Crippen LogP contribution in [-0.2, 0) is 0 Å². The molecule has 0 atom stereocenters. The second-order valence-corrected chi connectivity index (χ2v) is 4.09. The molecule has 0 spiro atoms. The Morgan fingerprint density at radius 2 is 1.71 bits per heavy atom. The van der Waals surface area contributed by atoms with Crippen molar-refractivity contribution in [2.45, 2.75) is 25.7 Å². The largest absolute Gasteiger partial charge is 0.146 e. The lowest BCUT2D eigenvalue weighted by molar-refractivity contribution is 0.000729. The summed E-state index contributed by atoms with van der Waals surface area (Å²) in [5.74, 6) is 0.558. The molecule has 1 fully saturated rings. The maximum atomic E-state index is 12.8. The lowest BCUT2D eigenvalue weighted by Gasteiger charge is -2.26. The summed E-state index contributed by atoms with van der Waals surface area (Å²) in [6.07, 6.45) is 1.89. The Hall–Kier alpha value is -0.890. The first-order chi connectivity index (χ1) is 6.75. The molecule has 0 unspecified atom stereocenters. The van der Waals surface area contributed by atoms with Gasteiger partial charge in [-0.15, -0.1) is 9.60 Å². The highest BCUT2D eigenvalue weighted by Crippen LogP contribution is 2.27. The number of hydrogen-bond donors (Lipinski definition) is 0. The van der Waals surface area contributed by atoms with Gasteiger partial charge in [0.2, 0.25) is 0 Å². The zero-order valence-corrected chi connectivity index (χ0v) is 8.54. The fourth-order valence-corrected chi connectivity index (χ4v) is 2.02. The van der Waals surface area contributed by atoms with Crippen LogP contribution in [0.1, 0.15) is 29.9 Å². The van der Waals surface area contributed by atoms with E-state index >= 15 is 0 Å². The van der Waals surface area contributed by atoms with E-state index in [0.717, 1.165) is 18.0 Å². The van der Waals surface area contributed by atoms with Gasteiger partial charge in [-0.1, -0.05) is 29.8 Å². The van der Waals surface area contributed by atoms with Crippen LogP contribution in [0.2, 0.25) is 0 Å². The zero-order valence-electron chi connectivity index (χ0n) is 8.54. The molecule has 2 heteroatoms. The summed E-state index contributed by atoms with van der Waals surface area (Å²) in [6.45, 7) is 3.25. The quantitative estimate of drug-likeness (QED) is 0.619. The van der Waals surface area contributed by atoms with Gasteiger partial charge in [0, 0.05) is 13.1 Å². The summed E-state index contributed by atoms with van der Waals surface area (Å²) in [5, 5.41) is 0.921. The van der Waals surface area contributed by atoms with Gasteiger partial charge in [0.1, 0.15) is 0 Å². The van der Waals surface area contributed by atoms with Gasteiger partial charge in [-0.2, -0.15) is 0 Å². The van der Waals surface area contributed by atoms with Crippen LogP contribution in [0, 0.1) is 6.92 Å². The van der Waals surface area contributed by atoms with Gasteiger partial charge in [0.25, 0.3) is 0 Å². The zero-order chi connectivity index (χ0) is 9.97. The molecule has 14 heavy (non-hydrogen) atoms. The van der Waals surface area contributed by atoms with E-state index in [1.54, 1.807) is 0 Å². The molecule has 1 aliphatic heterocycles. The van der Waals surface area contributed by atoms with E-state index in [-0.39, 0.29) is 0 Å². The van der Waals surface area contributed by atoms with Crippen LogP contribution < -0.4 is 0 Å². The molecular weight excluding hydrogens is 177 g/mol. The van der Waals surface area contributed by atoms with E-state index in [1.165, 1.54) is 11.1 Å². The minimum Gasteiger partial charge on any atom is -0.146 e. The second-order valence-electron chi connectivity index (χ2n) is 4.09. The molecule has 1 aromatic rings. The summed E-state index contributed by atoms with van der Waals surface area (Å²) in [7, 11) is 0. The molecule has 0 amide bonds. The smallest absolute Gasteiger partial charge is 0.0296 e. The molecule has 1 saturated heterocycles. The topological polar surface area (TPSA) is 3.24 Å². The summed E-state index contributed by atoms with van der Waals surface area (Å²) in [4.78, 5) is 0. The Labute approximate surface area is 84.5 Å². The molecule has 76 valence electrons. The van der Waals surface area contributed by atoms with E-state index in [0.29, 0.717) is 19.0 Å². The molecule has 0 aliphatic carbocycles. The molecule has 1 heterocycles. The van der Waals surface area contributed by atoms with Crippen molar-refractivity contribution < 1.29 is 4.48 Å². The van der Waals surface area contributed by atoms with Gasteiger partial charge in [0.05, 0.1) is 0 Å². The summed E-state index contributed by atoms with van der Waals surface area (Å²) in [5.41, 5.74) is 2.65. The number of benzene rings is 1. The van der Waals surface area contributed by atoms with Crippen LogP contribution in [0.4, 0.5) is 4.48 Å².